The summed E-state index contributed by atoms with van der Waals surface area (Å²) in [6, 6.07) is 6.57. The SMILES string of the molecule is CC1CC(c2cccc(F)c2)N(C(=O)NC(C)C)C1. The van der Waals surface area contributed by atoms with Gasteiger partial charge < -0.3 is 10.2 Å². The predicted octanol–water partition coefficient (Wildman–Crippen LogP) is 3.33. The van der Waals surface area contributed by atoms with Crippen molar-refractivity contribution in [3.63, 3.8) is 0 Å². The summed E-state index contributed by atoms with van der Waals surface area (Å²) in [6.45, 7) is 6.72. The Morgan fingerprint density at radius 3 is 2.84 bits per heavy atom. The summed E-state index contributed by atoms with van der Waals surface area (Å²) in [5.74, 6) is 0.187. The van der Waals surface area contributed by atoms with E-state index in [9.17, 15) is 9.18 Å². The minimum Gasteiger partial charge on any atom is -0.336 e. The van der Waals surface area contributed by atoms with Crippen LogP contribution in [0.2, 0.25) is 0 Å². The average molecular weight is 264 g/mol. The van der Waals surface area contributed by atoms with Crippen LogP contribution in [0, 0.1) is 11.7 Å². The van der Waals surface area contributed by atoms with Gasteiger partial charge in [-0.1, -0.05) is 19.1 Å². The van der Waals surface area contributed by atoms with Gasteiger partial charge in [-0.05, 0) is 43.9 Å². The minimum atomic E-state index is -0.249. The fourth-order valence-electron chi connectivity index (χ4n) is 2.63. The van der Waals surface area contributed by atoms with Crippen LogP contribution in [0.25, 0.3) is 0 Å². The van der Waals surface area contributed by atoms with Gasteiger partial charge in [0.15, 0.2) is 0 Å². The first kappa shape index (κ1) is 13.8. The lowest BCUT2D eigenvalue weighted by atomic mass is 10.0. The van der Waals surface area contributed by atoms with Gasteiger partial charge in [0.25, 0.3) is 0 Å². The van der Waals surface area contributed by atoms with Crippen molar-refractivity contribution < 1.29 is 9.18 Å². The van der Waals surface area contributed by atoms with Crippen LogP contribution < -0.4 is 5.32 Å². The molecule has 2 unspecified atom stereocenters. The zero-order chi connectivity index (χ0) is 14.0. The van der Waals surface area contributed by atoms with E-state index in [1.807, 2.05) is 24.8 Å². The van der Waals surface area contributed by atoms with Gasteiger partial charge in [0.1, 0.15) is 5.82 Å². The van der Waals surface area contributed by atoms with Crippen molar-refractivity contribution >= 4 is 6.03 Å². The monoisotopic (exact) mass is 264 g/mol. The average Bonchev–Trinajstić information content (AvgIpc) is 2.70. The molecule has 0 bridgehead atoms. The van der Waals surface area contributed by atoms with Crippen LogP contribution in [0.5, 0.6) is 0 Å². The van der Waals surface area contributed by atoms with E-state index < -0.39 is 0 Å². The number of amides is 2. The molecule has 1 aliphatic heterocycles. The lowest BCUT2D eigenvalue weighted by Gasteiger charge is -2.26. The van der Waals surface area contributed by atoms with Gasteiger partial charge in [-0.15, -0.1) is 0 Å². The number of benzene rings is 1. The van der Waals surface area contributed by atoms with E-state index in [0.29, 0.717) is 5.92 Å². The van der Waals surface area contributed by atoms with E-state index in [2.05, 4.69) is 12.2 Å². The molecule has 2 rings (SSSR count). The molecule has 0 radical (unpaired) electrons. The molecule has 1 saturated heterocycles. The molecule has 1 fully saturated rings. The van der Waals surface area contributed by atoms with E-state index in [0.717, 1.165) is 18.5 Å². The highest BCUT2D eigenvalue weighted by atomic mass is 19.1. The van der Waals surface area contributed by atoms with Crippen LogP contribution in [-0.2, 0) is 0 Å². The Bertz CT molecular complexity index is 461. The molecular weight excluding hydrogens is 243 g/mol. The zero-order valence-corrected chi connectivity index (χ0v) is 11.7. The molecule has 1 aromatic carbocycles. The molecule has 2 amide bonds. The normalized spacial score (nSPS) is 22.9. The molecule has 0 saturated carbocycles. The summed E-state index contributed by atoms with van der Waals surface area (Å²) >= 11 is 0. The second-order valence-corrected chi connectivity index (χ2v) is 5.67. The molecule has 1 aromatic rings. The van der Waals surface area contributed by atoms with Crippen LogP contribution in [-0.4, -0.2) is 23.5 Å². The summed E-state index contributed by atoms with van der Waals surface area (Å²) in [7, 11) is 0. The first-order valence-electron chi connectivity index (χ1n) is 6.80. The van der Waals surface area contributed by atoms with Crippen molar-refractivity contribution in [2.75, 3.05) is 6.54 Å². The fraction of sp³-hybridized carbons (Fsp3) is 0.533. The highest BCUT2D eigenvalue weighted by molar-refractivity contribution is 5.75. The number of nitrogens with one attached hydrogen (secondary N) is 1. The Morgan fingerprint density at radius 1 is 1.47 bits per heavy atom. The first-order valence-corrected chi connectivity index (χ1v) is 6.80. The number of urea groups is 1. The van der Waals surface area contributed by atoms with Crippen LogP contribution in [0.15, 0.2) is 24.3 Å². The Hall–Kier alpha value is -1.58. The largest absolute Gasteiger partial charge is 0.336 e. The Kier molecular flexibility index (Phi) is 4.08. The van der Waals surface area contributed by atoms with E-state index >= 15 is 0 Å². The summed E-state index contributed by atoms with van der Waals surface area (Å²) in [5.41, 5.74) is 0.878. The standard InChI is InChI=1S/C15H21FN2O/c1-10(2)17-15(19)18-9-11(3)7-14(18)12-5-4-6-13(16)8-12/h4-6,8,10-11,14H,7,9H2,1-3H3,(H,17,19). The topological polar surface area (TPSA) is 32.3 Å². The Labute approximate surface area is 113 Å². The molecule has 19 heavy (non-hydrogen) atoms. The highest BCUT2D eigenvalue weighted by Gasteiger charge is 2.34. The number of rotatable bonds is 2. The maximum absolute atomic E-state index is 13.3. The third-order valence-electron chi connectivity index (χ3n) is 3.42. The molecule has 0 spiro atoms. The van der Waals surface area contributed by atoms with Crippen LogP contribution in [0.1, 0.15) is 38.8 Å². The quantitative estimate of drug-likeness (QED) is 0.873. The Morgan fingerprint density at radius 2 is 2.21 bits per heavy atom. The van der Waals surface area contributed by atoms with E-state index in [-0.39, 0.29) is 23.9 Å². The van der Waals surface area contributed by atoms with Crippen LogP contribution in [0.3, 0.4) is 0 Å². The number of halogens is 1. The van der Waals surface area contributed by atoms with E-state index in [1.165, 1.54) is 12.1 Å². The lowest BCUT2D eigenvalue weighted by molar-refractivity contribution is 0.189. The van der Waals surface area contributed by atoms with Crippen molar-refractivity contribution in [3.05, 3.63) is 35.6 Å². The van der Waals surface area contributed by atoms with Crippen LogP contribution >= 0.6 is 0 Å². The second-order valence-electron chi connectivity index (χ2n) is 5.67. The molecule has 3 nitrogen and oxygen atoms in total. The number of likely N-dealkylation sites (tertiary alicyclic amines) is 1. The summed E-state index contributed by atoms with van der Waals surface area (Å²) in [6.07, 6.45) is 0.884. The molecule has 2 atom stereocenters. The first-order chi connectivity index (χ1) is 8.97. The van der Waals surface area contributed by atoms with Crippen LogP contribution in [0.4, 0.5) is 9.18 Å². The number of hydrogen-bond donors (Lipinski definition) is 1. The number of hydrogen-bond acceptors (Lipinski definition) is 1. The Balaban J connectivity index is 2.20. The fourth-order valence-corrected chi connectivity index (χ4v) is 2.63. The highest BCUT2D eigenvalue weighted by Crippen LogP contribution is 2.35. The molecule has 1 heterocycles. The maximum atomic E-state index is 13.3. The van der Waals surface area contributed by atoms with Gasteiger partial charge in [0.05, 0.1) is 6.04 Å². The van der Waals surface area contributed by atoms with E-state index in [4.69, 9.17) is 0 Å². The molecule has 1 aliphatic rings. The third kappa shape index (κ3) is 3.25. The van der Waals surface area contributed by atoms with Crippen molar-refractivity contribution in [1.29, 1.82) is 0 Å². The van der Waals surface area contributed by atoms with Gasteiger partial charge in [-0.2, -0.15) is 0 Å². The van der Waals surface area contributed by atoms with Crippen molar-refractivity contribution in [2.24, 2.45) is 5.92 Å². The maximum Gasteiger partial charge on any atom is 0.318 e. The summed E-state index contributed by atoms with van der Waals surface area (Å²) in [4.78, 5) is 14.0. The minimum absolute atomic E-state index is 0.0237. The van der Waals surface area contributed by atoms with Crippen molar-refractivity contribution in [2.45, 2.75) is 39.3 Å². The van der Waals surface area contributed by atoms with Gasteiger partial charge >= 0.3 is 6.03 Å². The van der Waals surface area contributed by atoms with E-state index in [1.54, 1.807) is 6.07 Å². The molecule has 104 valence electrons. The summed E-state index contributed by atoms with van der Waals surface area (Å²) < 4.78 is 13.3. The van der Waals surface area contributed by atoms with Gasteiger partial charge in [0, 0.05) is 12.6 Å². The number of nitrogens with zero attached hydrogens (tertiary/aromatic N) is 1. The predicted molar refractivity (Wildman–Crippen MR) is 73.3 cm³/mol. The van der Waals surface area contributed by atoms with Crippen molar-refractivity contribution in [3.8, 4) is 0 Å². The number of carbonyl (C=O) groups is 1. The second kappa shape index (κ2) is 5.59. The summed E-state index contributed by atoms with van der Waals surface area (Å²) in [5, 5.41) is 2.91. The van der Waals surface area contributed by atoms with Gasteiger partial charge in [0.2, 0.25) is 0 Å². The zero-order valence-electron chi connectivity index (χ0n) is 11.7. The number of carbonyl (C=O) groups excluding carboxylic acids is 1. The lowest BCUT2D eigenvalue weighted by Crippen LogP contribution is -2.42. The smallest absolute Gasteiger partial charge is 0.318 e. The van der Waals surface area contributed by atoms with Gasteiger partial charge in [-0.25, -0.2) is 9.18 Å². The molecular formula is C15H21FN2O. The van der Waals surface area contributed by atoms with Gasteiger partial charge in [-0.3, -0.25) is 0 Å². The molecule has 1 N–H and O–H groups in total. The van der Waals surface area contributed by atoms with Crippen molar-refractivity contribution in [1.82, 2.24) is 10.2 Å². The third-order valence-corrected chi connectivity index (χ3v) is 3.42. The molecule has 4 heteroatoms. The molecule has 0 aromatic heterocycles. The molecule has 0 aliphatic carbocycles.